The predicted molar refractivity (Wildman–Crippen MR) is 66.8 cm³/mol. The van der Waals surface area contributed by atoms with E-state index in [-0.39, 0.29) is 5.56 Å². The van der Waals surface area contributed by atoms with Crippen LogP contribution in [0, 0.1) is 0 Å². The molecule has 1 unspecified atom stereocenters. The summed E-state index contributed by atoms with van der Waals surface area (Å²) in [5.41, 5.74) is 0.746. The van der Waals surface area contributed by atoms with Crippen LogP contribution in [-0.4, -0.2) is 16.0 Å². The summed E-state index contributed by atoms with van der Waals surface area (Å²) in [6.07, 6.45) is 1.06. The van der Waals surface area contributed by atoms with Crippen molar-refractivity contribution in [2.24, 2.45) is 0 Å². The van der Waals surface area contributed by atoms with Crippen molar-refractivity contribution in [3.63, 3.8) is 0 Å². The van der Waals surface area contributed by atoms with Crippen molar-refractivity contribution in [2.75, 3.05) is 0 Å². The van der Waals surface area contributed by atoms with Gasteiger partial charge in [0, 0.05) is 6.04 Å². The summed E-state index contributed by atoms with van der Waals surface area (Å²) in [4.78, 5) is 18.9. The molecule has 2 rings (SSSR count). The Balaban J connectivity index is 2.22. The molecule has 86 valence electrons. The van der Waals surface area contributed by atoms with E-state index in [0.717, 1.165) is 11.9 Å². The Kier molecular flexibility index (Phi) is 3.36. The fourth-order valence-electron chi connectivity index (χ4n) is 1.42. The van der Waals surface area contributed by atoms with Gasteiger partial charge in [-0.05, 0) is 24.8 Å². The number of aromatic nitrogens is 2. The van der Waals surface area contributed by atoms with Gasteiger partial charge in [-0.15, -0.1) is 11.3 Å². The van der Waals surface area contributed by atoms with Crippen LogP contribution in [0.1, 0.15) is 26.1 Å². The van der Waals surface area contributed by atoms with Gasteiger partial charge in [0.15, 0.2) is 0 Å². The van der Waals surface area contributed by atoms with Gasteiger partial charge in [0.1, 0.15) is 10.5 Å². The predicted octanol–water partition coefficient (Wildman–Crippen LogP) is 1.87. The number of hydrogen-bond donors (Lipinski definition) is 2. The molecule has 2 N–H and O–H groups in total. The zero-order valence-electron chi connectivity index (χ0n) is 9.41. The van der Waals surface area contributed by atoms with Crippen molar-refractivity contribution in [2.45, 2.75) is 32.9 Å². The van der Waals surface area contributed by atoms with E-state index >= 15 is 0 Å². The fourth-order valence-corrected chi connectivity index (χ4v) is 2.15. The zero-order chi connectivity index (χ0) is 11.5. The van der Waals surface area contributed by atoms with Crippen LogP contribution in [0.25, 0.3) is 10.2 Å². The van der Waals surface area contributed by atoms with Crippen molar-refractivity contribution >= 4 is 21.6 Å². The van der Waals surface area contributed by atoms with Crippen molar-refractivity contribution in [3.05, 3.63) is 27.6 Å². The first-order chi connectivity index (χ1) is 7.70. The summed E-state index contributed by atoms with van der Waals surface area (Å²) in [6.45, 7) is 4.84. The first-order valence-corrected chi connectivity index (χ1v) is 6.28. The highest BCUT2D eigenvalue weighted by Gasteiger charge is 2.05. The van der Waals surface area contributed by atoms with Gasteiger partial charge >= 0.3 is 0 Å². The van der Waals surface area contributed by atoms with E-state index < -0.39 is 0 Å². The smallest absolute Gasteiger partial charge is 0.268 e. The molecule has 2 heterocycles. The van der Waals surface area contributed by atoms with E-state index in [1.54, 1.807) is 0 Å². The zero-order valence-corrected chi connectivity index (χ0v) is 10.2. The van der Waals surface area contributed by atoms with Crippen LogP contribution in [0.4, 0.5) is 0 Å². The molecular weight excluding hydrogens is 222 g/mol. The van der Waals surface area contributed by atoms with Crippen LogP contribution < -0.4 is 10.9 Å². The molecule has 0 aromatic carbocycles. The van der Waals surface area contributed by atoms with Crippen molar-refractivity contribution < 1.29 is 0 Å². The maximum Gasteiger partial charge on any atom is 0.268 e. The molecule has 5 heteroatoms. The van der Waals surface area contributed by atoms with Crippen LogP contribution in [0.3, 0.4) is 0 Å². The average Bonchev–Trinajstić information content (AvgIpc) is 2.74. The molecule has 0 aliphatic carbocycles. The Morgan fingerprint density at radius 1 is 1.62 bits per heavy atom. The molecule has 0 aliphatic rings. The molecule has 1 atom stereocenters. The van der Waals surface area contributed by atoms with E-state index in [9.17, 15) is 4.79 Å². The van der Waals surface area contributed by atoms with E-state index in [0.29, 0.717) is 23.1 Å². The Labute approximate surface area is 97.7 Å². The lowest BCUT2D eigenvalue weighted by atomic mass is 10.2. The molecule has 2 aromatic heterocycles. The number of thiophene rings is 1. The number of nitrogens with one attached hydrogen (secondary N) is 2. The third-order valence-electron chi connectivity index (χ3n) is 2.59. The molecule has 0 bridgehead atoms. The lowest BCUT2D eigenvalue weighted by molar-refractivity contribution is 0.523. The Hall–Kier alpha value is -1.20. The minimum Gasteiger partial charge on any atom is -0.308 e. The molecule has 2 aromatic rings. The van der Waals surface area contributed by atoms with Crippen molar-refractivity contribution in [1.82, 2.24) is 15.3 Å². The van der Waals surface area contributed by atoms with Gasteiger partial charge in [-0.2, -0.15) is 0 Å². The normalized spacial score (nSPS) is 13.1. The Morgan fingerprint density at radius 3 is 3.19 bits per heavy atom. The second kappa shape index (κ2) is 4.76. The van der Waals surface area contributed by atoms with Gasteiger partial charge in [0.25, 0.3) is 5.56 Å². The van der Waals surface area contributed by atoms with Crippen molar-refractivity contribution in [1.29, 1.82) is 0 Å². The van der Waals surface area contributed by atoms with Gasteiger partial charge in [-0.1, -0.05) is 6.92 Å². The number of H-pyrrole nitrogens is 1. The molecule has 4 nitrogen and oxygen atoms in total. The number of hydrogen-bond acceptors (Lipinski definition) is 4. The Morgan fingerprint density at radius 2 is 2.44 bits per heavy atom. The van der Waals surface area contributed by atoms with Gasteiger partial charge in [0.05, 0.1) is 12.1 Å². The summed E-state index contributed by atoms with van der Waals surface area (Å²) in [5, 5.41) is 5.19. The first-order valence-electron chi connectivity index (χ1n) is 5.40. The quantitative estimate of drug-likeness (QED) is 0.853. The van der Waals surface area contributed by atoms with Crippen LogP contribution in [0.2, 0.25) is 0 Å². The molecule has 0 fully saturated rings. The molecule has 0 radical (unpaired) electrons. The summed E-state index contributed by atoms with van der Waals surface area (Å²) < 4.78 is 0.701. The first kappa shape index (κ1) is 11.3. The van der Waals surface area contributed by atoms with E-state index in [4.69, 9.17) is 0 Å². The largest absolute Gasteiger partial charge is 0.308 e. The second-order valence-corrected chi connectivity index (χ2v) is 4.75. The van der Waals surface area contributed by atoms with Gasteiger partial charge in [0.2, 0.25) is 0 Å². The van der Waals surface area contributed by atoms with Crippen LogP contribution in [-0.2, 0) is 6.54 Å². The third kappa shape index (κ3) is 2.31. The van der Waals surface area contributed by atoms with E-state index in [2.05, 4.69) is 29.1 Å². The molecule has 0 amide bonds. The van der Waals surface area contributed by atoms with Crippen LogP contribution in [0.15, 0.2) is 16.2 Å². The van der Waals surface area contributed by atoms with E-state index in [1.807, 2.05) is 11.4 Å². The maximum atomic E-state index is 11.7. The van der Waals surface area contributed by atoms with Crippen molar-refractivity contribution in [3.8, 4) is 0 Å². The highest BCUT2D eigenvalue weighted by molar-refractivity contribution is 7.17. The number of rotatable bonds is 4. The summed E-state index contributed by atoms with van der Waals surface area (Å²) in [5.74, 6) is 0.705. The fraction of sp³-hybridized carbons (Fsp3) is 0.455. The monoisotopic (exact) mass is 237 g/mol. The Bertz CT molecular complexity index is 531. The van der Waals surface area contributed by atoms with Gasteiger partial charge in [-0.3, -0.25) is 4.79 Å². The van der Waals surface area contributed by atoms with Gasteiger partial charge in [-0.25, -0.2) is 4.98 Å². The molecule has 0 saturated heterocycles. The van der Waals surface area contributed by atoms with E-state index in [1.165, 1.54) is 11.3 Å². The molecule has 0 saturated carbocycles. The summed E-state index contributed by atoms with van der Waals surface area (Å²) >= 11 is 1.42. The number of aromatic amines is 1. The summed E-state index contributed by atoms with van der Waals surface area (Å²) in [7, 11) is 0. The molecule has 0 spiro atoms. The summed E-state index contributed by atoms with van der Waals surface area (Å²) in [6, 6.07) is 2.31. The molecular formula is C11H15N3OS. The standard InChI is InChI=1S/C11H15N3OS/c1-3-7(2)12-6-9-13-8-4-5-16-10(8)11(15)14-9/h4-5,7,12H,3,6H2,1-2H3,(H,13,14,15). The van der Waals surface area contributed by atoms with Gasteiger partial charge < -0.3 is 10.3 Å². The molecule has 0 aliphatic heterocycles. The second-order valence-electron chi connectivity index (χ2n) is 3.84. The topological polar surface area (TPSA) is 57.8 Å². The lowest BCUT2D eigenvalue weighted by Gasteiger charge is -2.10. The minimum absolute atomic E-state index is 0.0408. The third-order valence-corrected chi connectivity index (χ3v) is 3.50. The average molecular weight is 237 g/mol. The van der Waals surface area contributed by atoms with Crippen LogP contribution >= 0.6 is 11.3 Å². The lowest BCUT2D eigenvalue weighted by Crippen LogP contribution is -2.26. The SMILES string of the molecule is CCC(C)NCc1nc2ccsc2c(=O)[nH]1. The highest BCUT2D eigenvalue weighted by Crippen LogP contribution is 2.13. The maximum absolute atomic E-state index is 11.7. The number of fused-ring (bicyclic) bond motifs is 1. The highest BCUT2D eigenvalue weighted by atomic mass is 32.1. The van der Waals surface area contributed by atoms with Crippen LogP contribution in [0.5, 0.6) is 0 Å². The number of nitrogens with zero attached hydrogens (tertiary/aromatic N) is 1. The minimum atomic E-state index is -0.0408. The molecule has 16 heavy (non-hydrogen) atoms.